The minimum atomic E-state index is -0.442. The third kappa shape index (κ3) is 1.37. The highest BCUT2D eigenvalue weighted by atomic mass is 35.5. The molecule has 2 nitrogen and oxygen atoms in total. The van der Waals surface area contributed by atoms with Crippen LogP contribution < -0.4 is 11.5 Å². The maximum Gasteiger partial charge on any atom is 0.147 e. The number of hydrogen-bond donors (Lipinski definition) is 2. The molecule has 0 aliphatic heterocycles. The van der Waals surface area contributed by atoms with Gasteiger partial charge in [0, 0.05) is 6.04 Å². The Kier molecular flexibility index (Phi) is 2.37. The molecule has 0 spiro atoms. The van der Waals surface area contributed by atoms with E-state index in [1.165, 1.54) is 6.07 Å². The number of hydrogen-bond acceptors (Lipinski definition) is 2. The number of halogens is 2. The Morgan fingerprint density at radius 3 is 2.93 bits per heavy atom. The molecular formula is C10H12ClFN2. The molecule has 0 heterocycles. The average molecular weight is 215 g/mol. The van der Waals surface area contributed by atoms with Crippen molar-refractivity contribution in [3.8, 4) is 0 Å². The van der Waals surface area contributed by atoms with Crippen molar-refractivity contribution in [2.24, 2.45) is 5.73 Å². The van der Waals surface area contributed by atoms with Crippen molar-refractivity contribution in [2.45, 2.75) is 25.3 Å². The first-order valence-corrected chi connectivity index (χ1v) is 5.01. The van der Waals surface area contributed by atoms with E-state index in [0.29, 0.717) is 5.02 Å². The summed E-state index contributed by atoms with van der Waals surface area (Å²) in [4.78, 5) is 0. The number of nitrogens with two attached hydrogens (primary N) is 2. The van der Waals surface area contributed by atoms with Crippen LogP contribution in [0.4, 0.5) is 10.1 Å². The van der Waals surface area contributed by atoms with Crippen molar-refractivity contribution in [3.05, 3.63) is 28.0 Å². The zero-order valence-electron chi connectivity index (χ0n) is 7.69. The Balaban J connectivity index is 2.64. The first kappa shape index (κ1) is 9.74. The first-order chi connectivity index (χ1) is 6.61. The first-order valence-electron chi connectivity index (χ1n) is 4.63. The van der Waals surface area contributed by atoms with E-state index < -0.39 is 5.82 Å². The molecule has 1 aromatic rings. The second-order valence-corrected chi connectivity index (χ2v) is 4.04. The van der Waals surface area contributed by atoms with Crippen molar-refractivity contribution in [3.63, 3.8) is 0 Å². The van der Waals surface area contributed by atoms with Crippen LogP contribution in [0.25, 0.3) is 0 Å². The van der Waals surface area contributed by atoms with Gasteiger partial charge < -0.3 is 11.5 Å². The van der Waals surface area contributed by atoms with Gasteiger partial charge in [0.2, 0.25) is 0 Å². The van der Waals surface area contributed by atoms with Crippen LogP contribution in [0.5, 0.6) is 0 Å². The molecular weight excluding hydrogens is 203 g/mol. The fourth-order valence-corrected chi connectivity index (χ4v) is 2.32. The molecule has 14 heavy (non-hydrogen) atoms. The highest BCUT2D eigenvalue weighted by Gasteiger charge is 2.23. The van der Waals surface area contributed by atoms with Gasteiger partial charge in [-0.05, 0) is 36.5 Å². The highest BCUT2D eigenvalue weighted by Crippen LogP contribution is 2.38. The van der Waals surface area contributed by atoms with E-state index in [-0.39, 0.29) is 11.7 Å². The molecule has 4 heteroatoms. The third-order valence-corrected chi connectivity index (χ3v) is 3.12. The van der Waals surface area contributed by atoms with E-state index in [2.05, 4.69) is 0 Å². The summed E-state index contributed by atoms with van der Waals surface area (Å²) in [5.41, 5.74) is 13.2. The van der Waals surface area contributed by atoms with Crippen LogP contribution in [0.15, 0.2) is 6.07 Å². The maximum atomic E-state index is 13.2. The predicted octanol–water partition coefficient (Wildman–Crippen LogP) is 2.40. The summed E-state index contributed by atoms with van der Waals surface area (Å²) < 4.78 is 13.2. The van der Waals surface area contributed by atoms with Gasteiger partial charge in [0.15, 0.2) is 0 Å². The van der Waals surface area contributed by atoms with Gasteiger partial charge in [0.1, 0.15) is 5.82 Å². The van der Waals surface area contributed by atoms with Crippen LogP contribution >= 0.6 is 11.6 Å². The molecule has 0 aromatic heterocycles. The lowest BCUT2D eigenvalue weighted by atomic mass is 9.87. The fourth-order valence-electron chi connectivity index (χ4n) is 1.96. The van der Waals surface area contributed by atoms with Gasteiger partial charge in [-0.25, -0.2) is 4.39 Å². The van der Waals surface area contributed by atoms with E-state index in [9.17, 15) is 4.39 Å². The Morgan fingerprint density at radius 2 is 2.21 bits per heavy atom. The second kappa shape index (κ2) is 3.41. The molecule has 1 aromatic carbocycles. The molecule has 1 aliphatic carbocycles. The summed E-state index contributed by atoms with van der Waals surface area (Å²) in [6, 6.07) is 1.35. The van der Waals surface area contributed by atoms with Crippen LogP contribution in [0.3, 0.4) is 0 Å². The fraction of sp³-hybridized carbons (Fsp3) is 0.400. The number of aryl methyl sites for hydroxylation is 1. The van der Waals surface area contributed by atoms with Crippen LogP contribution in [0.1, 0.15) is 30.0 Å². The second-order valence-electron chi connectivity index (χ2n) is 3.66. The standard InChI is InChI=1S/C10H12ClFN2/c11-9-8-5(2-1-3-7(8)13)4-6(12)10(9)14/h4,7H,1-3,13-14H2/t7-/m0/s1. The molecule has 0 amide bonds. The largest absolute Gasteiger partial charge is 0.395 e. The molecule has 0 saturated carbocycles. The minimum absolute atomic E-state index is 0.0165. The molecule has 0 unspecified atom stereocenters. The van der Waals surface area contributed by atoms with E-state index in [1.54, 1.807) is 0 Å². The molecule has 0 fully saturated rings. The Hall–Kier alpha value is -0.800. The van der Waals surface area contributed by atoms with E-state index in [1.807, 2.05) is 0 Å². The molecule has 0 saturated heterocycles. The van der Waals surface area contributed by atoms with Crippen molar-refractivity contribution in [2.75, 3.05) is 5.73 Å². The third-order valence-electron chi connectivity index (χ3n) is 2.71. The summed E-state index contributed by atoms with van der Waals surface area (Å²) in [5, 5.41) is 0.298. The summed E-state index contributed by atoms with van der Waals surface area (Å²) in [6.45, 7) is 0. The van der Waals surface area contributed by atoms with Crippen LogP contribution in [0.2, 0.25) is 5.02 Å². The zero-order chi connectivity index (χ0) is 10.3. The average Bonchev–Trinajstić information content (AvgIpc) is 2.14. The zero-order valence-corrected chi connectivity index (χ0v) is 8.44. The van der Waals surface area contributed by atoms with Gasteiger partial charge in [-0.3, -0.25) is 0 Å². The highest BCUT2D eigenvalue weighted by molar-refractivity contribution is 6.34. The number of anilines is 1. The molecule has 0 bridgehead atoms. The van der Waals surface area contributed by atoms with Crippen molar-refractivity contribution in [1.82, 2.24) is 0 Å². The lowest BCUT2D eigenvalue weighted by Gasteiger charge is -2.24. The Bertz CT molecular complexity index is 379. The van der Waals surface area contributed by atoms with Gasteiger partial charge >= 0.3 is 0 Å². The van der Waals surface area contributed by atoms with Crippen LogP contribution in [0, 0.1) is 5.82 Å². The smallest absolute Gasteiger partial charge is 0.147 e. The lowest BCUT2D eigenvalue weighted by Crippen LogP contribution is -2.19. The Morgan fingerprint density at radius 1 is 1.50 bits per heavy atom. The molecule has 2 rings (SSSR count). The van der Waals surface area contributed by atoms with Crippen molar-refractivity contribution < 1.29 is 4.39 Å². The quantitative estimate of drug-likeness (QED) is 0.652. The number of rotatable bonds is 0. The van der Waals surface area contributed by atoms with Crippen molar-refractivity contribution >= 4 is 17.3 Å². The van der Waals surface area contributed by atoms with E-state index in [0.717, 1.165) is 30.4 Å². The molecule has 1 atom stereocenters. The molecule has 0 radical (unpaired) electrons. The van der Waals surface area contributed by atoms with Crippen molar-refractivity contribution in [1.29, 1.82) is 0 Å². The summed E-state index contributed by atoms with van der Waals surface area (Å²) in [7, 11) is 0. The molecule has 76 valence electrons. The van der Waals surface area contributed by atoms with Crippen LogP contribution in [-0.4, -0.2) is 0 Å². The number of fused-ring (bicyclic) bond motifs is 1. The molecule has 4 N–H and O–H groups in total. The van der Waals surface area contributed by atoms with E-state index in [4.69, 9.17) is 23.1 Å². The number of nitrogen functional groups attached to an aromatic ring is 1. The summed E-state index contributed by atoms with van der Waals surface area (Å²) in [5.74, 6) is -0.442. The Labute approximate surface area is 87.0 Å². The van der Waals surface area contributed by atoms with E-state index >= 15 is 0 Å². The normalized spacial score (nSPS) is 20.6. The van der Waals surface area contributed by atoms with Gasteiger partial charge in [-0.1, -0.05) is 11.6 Å². The van der Waals surface area contributed by atoms with Gasteiger partial charge in [0.05, 0.1) is 10.7 Å². The van der Waals surface area contributed by atoms with Crippen LogP contribution in [-0.2, 0) is 6.42 Å². The summed E-state index contributed by atoms with van der Waals surface area (Å²) >= 11 is 5.97. The minimum Gasteiger partial charge on any atom is -0.395 e. The SMILES string of the molecule is Nc1c(F)cc2c(c1Cl)[C@@H](N)CCC2. The predicted molar refractivity (Wildman–Crippen MR) is 55.7 cm³/mol. The monoisotopic (exact) mass is 214 g/mol. The summed E-state index contributed by atoms with van der Waals surface area (Å²) in [6.07, 6.45) is 2.70. The maximum absolute atomic E-state index is 13.2. The molecule has 1 aliphatic rings. The van der Waals surface area contributed by atoms with Gasteiger partial charge in [0.25, 0.3) is 0 Å². The topological polar surface area (TPSA) is 52.0 Å². The van der Waals surface area contributed by atoms with Gasteiger partial charge in [-0.2, -0.15) is 0 Å². The number of benzene rings is 1. The lowest BCUT2D eigenvalue weighted by molar-refractivity contribution is 0.561. The van der Waals surface area contributed by atoms with Gasteiger partial charge in [-0.15, -0.1) is 0 Å².